The third kappa shape index (κ3) is 5.23. The minimum Gasteiger partial charge on any atom is -0.507 e. The van der Waals surface area contributed by atoms with Crippen molar-refractivity contribution in [2.24, 2.45) is 10.8 Å². The van der Waals surface area contributed by atoms with E-state index in [4.69, 9.17) is 14.2 Å². The van der Waals surface area contributed by atoms with Crippen LogP contribution >= 0.6 is 11.8 Å². The lowest BCUT2D eigenvalue weighted by atomic mass is 9.52. The summed E-state index contributed by atoms with van der Waals surface area (Å²) in [5.74, 6) is 2.48. The van der Waals surface area contributed by atoms with Crippen molar-refractivity contribution in [3.8, 4) is 45.3 Å². The number of benzene rings is 4. The number of thioether (sulfide) groups is 1. The fourth-order valence-corrected chi connectivity index (χ4v) is 11.0. The highest BCUT2D eigenvalue weighted by atomic mass is 32.2. The standard InChI is InChI=1S/C41H48O4S/c1-39(2)22-40(3,4)24-41(23-39)33-18-27(46-26-11-9-8-10-12-26)14-16-29(33)38-32-20-37(45-7)31(19-30(32)35(42)21-34(38)41)28-15-13-25(43-5)17-36(28)44-6/h13-21,26,42H,8-12,22-24H2,1-7H3. The lowest BCUT2D eigenvalue weighted by Gasteiger charge is -2.51. The first kappa shape index (κ1) is 31.3. The van der Waals surface area contributed by atoms with E-state index in [9.17, 15) is 5.11 Å². The number of phenols is 1. The molecule has 0 amide bonds. The second-order valence-corrected chi connectivity index (χ2v) is 16.9. The molecule has 4 aromatic rings. The van der Waals surface area contributed by atoms with Gasteiger partial charge in [-0.1, -0.05) is 53.0 Å². The van der Waals surface area contributed by atoms with Crippen LogP contribution in [0.4, 0.5) is 0 Å². The van der Waals surface area contributed by atoms with Crippen molar-refractivity contribution in [3.05, 3.63) is 65.7 Å². The normalized spacial score (nSPS) is 19.5. The van der Waals surface area contributed by atoms with Crippen LogP contribution in [0.1, 0.15) is 90.2 Å². The molecule has 0 radical (unpaired) electrons. The van der Waals surface area contributed by atoms with Crippen LogP contribution in [-0.4, -0.2) is 31.7 Å². The molecular formula is C41H48O4S. The highest BCUT2D eigenvalue weighted by Gasteiger charge is 2.54. The second kappa shape index (κ2) is 11.4. The average molecular weight is 637 g/mol. The van der Waals surface area contributed by atoms with Gasteiger partial charge in [0.15, 0.2) is 0 Å². The van der Waals surface area contributed by atoms with Crippen LogP contribution in [0.2, 0.25) is 0 Å². The molecule has 1 N–H and O–H groups in total. The van der Waals surface area contributed by atoms with Crippen molar-refractivity contribution in [3.63, 3.8) is 0 Å². The molecule has 4 aromatic carbocycles. The molecule has 1 spiro atoms. The summed E-state index contributed by atoms with van der Waals surface area (Å²) in [5.41, 5.74) is 7.16. The van der Waals surface area contributed by atoms with Crippen molar-refractivity contribution in [2.75, 3.05) is 21.3 Å². The molecule has 0 saturated heterocycles. The van der Waals surface area contributed by atoms with E-state index in [2.05, 4.69) is 75.9 Å². The Bertz CT molecular complexity index is 1800. The smallest absolute Gasteiger partial charge is 0.130 e. The lowest BCUT2D eigenvalue weighted by molar-refractivity contribution is 0.0644. The topological polar surface area (TPSA) is 47.9 Å². The van der Waals surface area contributed by atoms with Gasteiger partial charge < -0.3 is 19.3 Å². The summed E-state index contributed by atoms with van der Waals surface area (Å²) in [5, 5.41) is 14.5. The molecule has 0 aliphatic heterocycles. The van der Waals surface area contributed by atoms with Crippen LogP contribution in [0.3, 0.4) is 0 Å². The Hall–Kier alpha value is -3.31. The van der Waals surface area contributed by atoms with Crippen LogP contribution < -0.4 is 14.2 Å². The zero-order valence-corrected chi connectivity index (χ0v) is 29.3. The highest BCUT2D eigenvalue weighted by Crippen LogP contribution is 2.65. The Morgan fingerprint density at radius 2 is 1.33 bits per heavy atom. The molecule has 4 nitrogen and oxygen atoms in total. The lowest BCUT2D eigenvalue weighted by Crippen LogP contribution is -2.43. The Balaban J connectivity index is 1.47. The maximum Gasteiger partial charge on any atom is 0.130 e. The molecule has 2 saturated carbocycles. The molecule has 5 heteroatoms. The van der Waals surface area contributed by atoms with Gasteiger partial charge in [0.05, 0.1) is 21.3 Å². The van der Waals surface area contributed by atoms with E-state index in [0.29, 0.717) is 16.7 Å². The van der Waals surface area contributed by atoms with Gasteiger partial charge in [-0.05, 0) is 113 Å². The van der Waals surface area contributed by atoms with Gasteiger partial charge in [0.25, 0.3) is 0 Å². The molecular weight excluding hydrogens is 589 g/mol. The van der Waals surface area contributed by atoms with E-state index in [0.717, 1.165) is 46.2 Å². The van der Waals surface area contributed by atoms with Crippen LogP contribution in [0, 0.1) is 10.8 Å². The zero-order valence-electron chi connectivity index (χ0n) is 28.5. The van der Waals surface area contributed by atoms with Gasteiger partial charge in [-0.2, -0.15) is 0 Å². The van der Waals surface area contributed by atoms with Gasteiger partial charge in [0.2, 0.25) is 0 Å². The maximum atomic E-state index is 11.9. The number of phenolic OH excluding ortho intramolecular Hbond substituents is 1. The molecule has 0 bridgehead atoms. The number of aromatic hydroxyl groups is 1. The average Bonchev–Trinajstić information content (AvgIpc) is 3.26. The summed E-state index contributed by atoms with van der Waals surface area (Å²) in [6.07, 6.45) is 9.99. The fraction of sp³-hybridized carbons (Fsp3) is 0.463. The van der Waals surface area contributed by atoms with Crippen LogP contribution in [0.15, 0.2) is 59.5 Å². The van der Waals surface area contributed by atoms with Crippen molar-refractivity contribution in [2.45, 2.75) is 94.6 Å². The summed E-state index contributed by atoms with van der Waals surface area (Å²) in [4.78, 5) is 1.39. The van der Waals surface area contributed by atoms with Gasteiger partial charge in [-0.15, -0.1) is 11.8 Å². The van der Waals surface area contributed by atoms with E-state index >= 15 is 0 Å². The molecule has 0 atom stereocenters. The molecule has 3 aliphatic carbocycles. The number of methoxy groups -OCH3 is 3. The summed E-state index contributed by atoms with van der Waals surface area (Å²) >= 11 is 2.08. The van der Waals surface area contributed by atoms with E-state index in [1.807, 2.05) is 18.2 Å². The summed E-state index contributed by atoms with van der Waals surface area (Å²) in [7, 11) is 5.04. The predicted molar refractivity (Wildman–Crippen MR) is 191 cm³/mol. The van der Waals surface area contributed by atoms with Crippen LogP contribution in [0.25, 0.3) is 33.0 Å². The molecule has 3 aliphatic rings. The summed E-state index contributed by atoms with van der Waals surface area (Å²) < 4.78 is 17.3. The molecule has 0 heterocycles. The molecule has 0 aromatic heterocycles. The Morgan fingerprint density at radius 3 is 2.00 bits per heavy atom. The molecule has 242 valence electrons. The third-order valence-electron chi connectivity index (χ3n) is 10.8. The van der Waals surface area contributed by atoms with Gasteiger partial charge in [-0.25, -0.2) is 0 Å². The van der Waals surface area contributed by atoms with E-state index in [1.165, 1.54) is 65.7 Å². The number of rotatable bonds is 6. The van der Waals surface area contributed by atoms with Crippen molar-refractivity contribution in [1.82, 2.24) is 0 Å². The van der Waals surface area contributed by atoms with Gasteiger partial charge >= 0.3 is 0 Å². The Kier molecular flexibility index (Phi) is 7.78. The first-order valence-electron chi connectivity index (χ1n) is 16.9. The molecule has 2 fully saturated rings. The monoisotopic (exact) mass is 636 g/mol. The van der Waals surface area contributed by atoms with E-state index in [1.54, 1.807) is 21.3 Å². The van der Waals surface area contributed by atoms with Crippen molar-refractivity contribution >= 4 is 22.5 Å². The first-order chi connectivity index (χ1) is 22.0. The molecule has 7 rings (SSSR count). The fourth-order valence-electron chi connectivity index (χ4n) is 9.73. The van der Waals surface area contributed by atoms with E-state index in [-0.39, 0.29) is 16.2 Å². The maximum absolute atomic E-state index is 11.9. The minimum absolute atomic E-state index is 0.157. The molecule has 0 unspecified atom stereocenters. The SMILES string of the molecule is COc1ccc(-c2cc3c(O)cc4c(c3cc2OC)-c2ccc(SC3CCCCC3)cc2C42CC(C)(C)CC(C)(C)C2)c(OC)c1. The number of fused-ring (bicyclic) bond motifs is 7. The van der Waals surface area contributed by atoms with Crippen LogP contribution in [0.5, 0.6) is 23.0 Å². The van der Waals surface area contributed by atoms with E-state index < -0.39 is 0 Å². The quantitative estimate of drug-likeness (QED) is 0.228. The van der Waals surface area contributed by atoms with Gasteiger partial charge in [0.1, 0.15) is 23.0 Å². The Labute approximate surface area is 278 Å². The zero-order chi connectivity index (χ0) is 32.4. The molecule has 46 heavy (non-hydrogen) atoms. The number of ether oxygens (including phenoxy) is 3. The van der Waals surface area contributed by atoms with Gasteiger partial charge in [-0.3, -0.25) is 0 Å². The van der Waals surface area contributed by atoms with Crippen molar-refractivity contribution < 1.29 is 19.3 Å². The highest BCUT2D eigenvalue weighted by molar-refractivity contribution is 8.00. The second-order valence-electron chi connectivity index (χ2n) is 15.5. The number of hydrogen-bond acceptors (Lipinski definition) is 5. The third-order valence-corrected chi connectivity index (χ3v) is 12.1. The summed E-state index contributed by atoms with van der Waals surface area (Å²) in [6, 6.07) is 19.4. The summed E-state index contributed by atoms with van der Waals surface area (Å²) in [6.45, 7) is 9.75. The van der Waals surface area contributed by atoms with Crippen LogP contribution in [-0.2, 0) is 5.41 Å². The minimum atomic E-state index is -0.171. The largest absolute Gasteiger partial charge is 0.507 e. The number of hydrogen-bond donors (Lipinski definition) is 1. The first-order valence-corrected chi connectivity index (χ1v) is 17.8. The predicted octanol–water partition coefficient (Wildman–Crippen LogP) is 11.2. The Morgan fingerprint density at radius 1 is 0.652 bits per heavy atom. The van der Waals surface area contributed by atoms with Crippen molar-refractivity contribution in [1.29, 1.82) is 0 Å². The van der Waals surface area contributed by atoms with Gasteiger partial charge in [0, 0.05) is 38.1 Å².